The van der Waals surface area contributed by atoms with Crippen molar-refractivity contribution in [3.05, 3.63) is 95.8 Å². The van der Waals surface area contributed by atoms with Crippen LogP contribution in [0.25, 0.3) is 11.3 Å². The number of hydrogen-bond donors (Lipinski definition) is 2. The smallest absolute Gasteiger partial charge is 0.404 e. The van der Waals surface area contributed by atoms with Gasteiger partial charge in [-0.2, -0.15) is 18.3 Å². The van der Waals surface area contributed by atoms with Crippen molar-refractivity contribution in [3.8, 4) is 22.9 Å². The molecule has 0 spiro atoms. The maximum atomic E-state index is 12.7. The normalized spacial score (nSPS) is 12.4. The number of alkyl halides is 3. The molecule has 0 amide bonds. The summed E-state index contributed by atoms with van der Waals surface area (Å²) in [6, 6.07) is 22.1. The van der Waals surface area contributed by atoms with Gasteiger partial charge in [0.2, 0.25) is 15.9 Å². The number of hydrogen-bond acceptors (Lipinski definition) is 6. The number of pyridine rings is 1. The van der Waals surface area contributed by atoms with Gasteiger partial charge >= 0.3 is 6.18 Å². The van der Waals surface area contributed by atoms with Crippen molar-refractivity contribution in [3.63, 3.8) is 0 Å². The quantitative estimate of drug-likeness (QED) is 0.219. The molecule has 41 heavy (non-hydrogen) atoms. The van der Waals surface area contributed by atoms with Crippen LogP contribution in [0.1, 0.15) is 37.6 Å². The average Bonchev–Trinajstić information content (AvgIpc) is 3.31. The Balaban J connectivity index is 1.45. The Bertz CT molecular complexity index is 1550. The van der Waals surface area contributed by atoms with Gasteiger partial charge in [-0.25, -0.2) is 17.8 Å². The molecule has 4 aromatic rings. The summed E-state index contributed by atoms with van der Waals surface area (Å²) >= 11 is 0. The number of ether oxygens (including phenoxy) is 1. The van der Waals surface area contributed by atoms with Gasteiger partial charge in [0.05, 0.1) is 16.9 Å². The molecule has 0 radical (unpaired) electrons. The first kappa shape index (κ1) is 30.2. The van der Waals surface area contributed by atoms with Crippen LogP contribution in [0.4, 0.5) is 13.2 Å². The summed E-state index contributed by atoms with van der Waals surface area (Å²) < 4.78 is 72.4. The predicted octanol–water partition coefficient (Wildman–Crippen LogP) is 5.76. The molecule has 0 aliphatic heterocycles. The molecule has 4 rings (SSSR count). The third-order valence-corrected chi connectivity index (χ3v) is 7.72. The van der Waals surface area contributed by atoms with Crippen LogP contribution in [-0.4, -0.2) is 35.1 Å². The maximum Gasteiger partial charge on any atom is 0.404 e. The first-order valence-corrected chi connectivity index (χ1v) is 14.6. The van der Waals surface area contributed by atoms with Crippen LogP contribution in [0.2, 0.25) is 0 Å². The molecule has 0 bridgehead atoms. The molecule has 0 fully saturated rings. The summed E-state index contributed by atoms with van der Waals surface area (Å²) in [5.74, 6) is -0.805. The summed E-state index contributed by atoms with van der Waals surface area (Å²) in [6.45, 7) is 6.82. The van der Waals surface area contributed by atoms with Gasteiger partial charge in [-0.1, -0.05) is 36.4 Å². The zero-order chi connectivity index (χ0) is 29.7. The molecule has 218 valence electrons. The lowest BCUT2D eigenvalue weighted by molar-refractivity contribution is -0.106. The second-order valence-corrected chi connectivity index (χ2v) is 11.8. The summed E-state index contributed by atoms with van der Waals surface area (Å²) in [5, 5.41) is 7.98. The molecule has 8 nitrogen and oxygen atoms in total. The molecular formula is C29H32F3N5O3S. The molecule has 0 saturated heterocycles. The Morgan fingerprint density at radius 2 is 1.71 bits per heavy atom. The van der Waals surface area contributed by atoms with E-state index in [2.05, 4.69) is 20.1 Å². The molecule has 0 aliphatic carbocycles. The topological polar surface area (TPSA) is 98.1 Å². The molecule has 0 unspecified atom stereocenters. The van der Waals surface area contributed by atoms with Gasteiger partial charge in [0.1, 0.15) is 5.75 Å². The third-order valence-electron chi connectivity index (χ3n) is 6.19. The minimum atomic E-state index is -4.84. The van der Waals surface area contributed by atoms with E-state index >= 15 is 0 Å². The summed E-state index contributed by atoms with van der Waals surface area (Å²) in [5.41, 5.74) is 2.49. The summed E-state index contributed by atoms with van der Waals surface area (Å²) in [4.78, 5) is 4.30. The van der Waals surface area contributed by atoms with E-state index in [1.807, 2.05) is 49.4 Å². The van der Waals surface area contributed by atoms with Crippen LogP contribution in [0.5, 0.6) is 11.6 Å². The van der Waals surface area contributed by atoms with E-state index in [0.29, 0.717) is 48.1 Å². The molecule has 0 atom stereocenters. The van der Waals surface area contributed by atoms with Crippen molar-refractivity contribution in [2.24, 2.45) is 0 Å². The number of sulfonamides is 1. The highest BCUT2D eigenvalue weighted by molar-refractivity contribution is 7.89. The Labute approximate surface area is 237 Å². The molecule has 12 heteroatoms. The minimum Gasteiger partial charge on any atom is -0.439 e. The first-order valence-electron chi connectivity index (χ1n) is 13.0. The Hall–Kier alpha value is -3.74. The van der Waals surface area contributed by atoms with Crippen molar-refractivity contribution < 1.29 is 26.3 Å². The van der Waals surface area contributed by atoms with Gasteiger partial charge in [-0.3, -0.25) is 4.98 Å². The Morgan fingerprint density at radius 3 is 2.37 bits per heavy atom. The van der Waals surface area contributed by atoms with Crippen molar-refractivity contribution in [2.45, 2.75) is 52.1 Å². The van der Waals surface area contributed by atoms with Crippen molar-refractivity contribution in [1.82, 2.24) is 24.8 Å². The third kappa shape index (κ3) is 8.62. The number of halogens is 3. The second-order valence-electron chi connectivity index (χ2n) is 10.0. The van der Waals surface area contributed by atoms with Crippen molar-refractivity contribution >= 4 is 10.0 Å². The van der Waals surface area contributed by atoms with Gasteiger partial charge in [0.25, 0.3) is 0 Å². The number of nitrogens with zero attached hydrogens (tertiary/aromatic N) is 3. The number of aryl methyl sites for hydroxylation is 1. The molecule has 0 aliphatic rings. The van der Waals surface area contributed by atoms with Crippen LogP contribution in [0.3, 0.4) is 0 Å². The number of benzene rings is 2. The highest BCUT2D eigenvalue weighted by Gasteiger charge is 2.38. The van der Waals surface area contributed by atoms with E-state index in [0.717, 1.165) is 11.3 Å². The highest BCUT2D eigenvalue weighted by atomic mass is 32.2. The van der Waals surface area contributed by atoms with E-state index in [1.54, 1.807) is 41.2 Å². The van der Waals surface area contributed by atoms with Crippen LogP contribution in [0.15, 0.2) is 79.0 Å². The van der Waals surface area contributed by atoms with Gasteiger partial charge in [-0.05, 0) is 62.2 Å². The number of nitrogens with one attached hydrogen (secondary N) is 2. The van der Waals surface area contributed by atoms with Gasteiger partial charge < -0.3 is 10.1 Å². The molecule has 2 heterocycles. The zero-order valence-corrected chi connectivity index (χ0v) is 23.8. The maximum absolute atomic E-state index is 12.7. The fourth-order valence-electron chi connectivity index (χ4n) is 4.25. The Morgan fingerprint density at radius 1 is 0.951 bits per heavy atom. The van der Waals surface area contributed by atoms with Crippen molar-refractivity contribution in [1.29, 1.82) is 0 Å². The molecule has 0 saturated carbocycles. The first-order chi connectivity index (χ1) is 19.3. The number of aromatic nitrogens is 3. The van der Waals surface area contributed by atoms with E-state index in [4.69, 9.17) is 4.74 Å². The van der Waals surface area contributed by atoms with Crippen LogP contribution in [0, 0.1) is 0 Å². The lowest BCUT2D eigenvalue weighted by Gasteiger charge is -2.27. The standard InChI is InChI=1S/C29H32F3N5O3S/c1-4-37-27(40-25-13-11-21(12-14-25)18-33-19-24-10-5-6-15-34-24)17-26(35-37)22-8-7-9-23(16-22)28(2,3)36-41(38,39)20-29(30,31)32/h5-17,33,36H,4,18-20H2,1-3H3. The number of rotatable bonds is 12. The van der Waals surface area contributed by atoms with Crippen LogP contribution in [-0.2, 0) is 35.2 Å². The molecule has 2 aromatic carbocycles. The highest BCUT2D eigenvalue weighted by Crippen LogP contribution is 2.31. The van der Waals surface area contributed by atoms with Gasteiger partial charge in [0.15, 0.2) is 5.75 Å². The van der Waals surface area contributed by atoms with E-state index in [-0.39, 0.29) is 0 Å². The van der Waals surface area contributed by atoms with Crippen LogP contribution < -0.4 is 14.8 Å². The summed E-state index contributed by atoms with van der Waals surface area (Å²) in [7, 11) is -4.61. The zero-order valence-electron chi connectivity index (χ0n) is 22.9. The van der Waals surface area contributed by atoms with E-state index in [9.17, 15) is 21.6 Å². The second kappa shape index (κ2) is 12.4. The largest absolute Gasteiger partial charge is 0.439 e. The predicted molar refractivity (Wildman–Crippen MR) is 151 cm³/mol. The van der Waals surface area contributed by atoms with E-state index < -0.39 is 27.5 Å². The van der Waals surface area contributed by atoms with E-state index in [1.165, 1.54) is 13.8 Å². The molecule has 2 N–H and O–H groups in total. The SMILES string of the molecule is CCn1nc(-c2cccc(C(C)(C)NS(=O)(=O)CC(F)(F)F)c2)cc1Oc1ccc(CNCc2ccccn2)cc1. The summed E-state index contributed by atoms with van der Waals surface area (Å²) in [6.07, 6.45) is -3.08. The average molecular weight is 588 g/mol. The Kier molecular flexibility index (Phi) is 9.15. The fourth-order valence-corrected chi connectivity index (χ4v) is 5.65. The minimum absolute atomic E-state index is 0.488. The van der Waals surface area contributed by atoms with Crippen molar-refractivity contribution in [2.75, 3.05) is 5.75 Å². The van der Waals surface area contributed by atoms with Gasteiger partial charge in [0, 0.05) is 37.5 Å². The lowest BCUT2D eigenvalue weighted by Crippen LogP contribution is -2.44. The van der Waals surface area contributed by atoms with Crippen LogP contribution >= 0.6 is 0 Å². The monoisotopic (exact) mass is 587 g/mol. The lowest BCUT2D eigenvalue weighted by atomic mass is 9.93. The molecular weight excluding hydrogens is 555 g/mol. The fraction of sp³-hybridized carbons (Fsp3) is 0.310. The van der Waals surface area contributed by atoms with Gasteiger partial charge in [-0.15, -0.1) is 0 Å². The molecule has 2 aromatic heterocycles.